The van der Waals surface area contributed by atoms with E-state index in [4.69, 9.17) is 0 Å². The van der Waals surface area contributed by atoms with E-state index in [-0.39, 0.29) is 11.9 Å². The third-order valence-electron chi connectivity index (χ3n) is 4.19. The maximum absolute atomic E-state index is 12.8. The van der Waals surface area contributed by atoms with Gasteiger partial charge >= 0.3 is 0 Å². The topological polar surface area (TPSA) is 29.1 Å². The summed E-state index contributed by atoms with van der Waals surface area (Å²) in [5, 5.41) is 3.20. The second-order valence-corrected chi connectivity index (χ2v) is 6.04. The van der Waals surface area contributed by atoms with Gasteiger partial charge in [0.1, 0.15) is 0 Å². The van der Waals surface area contributed by atoms with Crippen LogP contribution < -0.4 is 5.32 Å². The van der Waals surface area contributed by atoms with Crippen LogP contribution >= 0.6 is 0 Å². The highest BCUT2D eigenvalue weighted by Gasteiger charge is 2.19. The molecule has 0 bridgehead atoms. The zero-order valence-electron chi connectivity index (χ0n) is 14.0. The van der Waals surface area contributed by atoms with E-state index in [0.717, 1.165) is 22.3 Å². The SMILES string of the molecule is Cc1cccc(C(=O)N[C@H](c2ccccc2)c2ccccc2C)c1. The van der Waals surface area contributed by atoms with Crippen LogP contribution in [0.2, 0.25) is 0 Å². The Labute approximate surface area is 143 Å². The van der Waals surface area contributed by atoms with Gasteiger partial charge in [0.15, 0.2) is 0 Å². The number of carbonyl (C=O) groups excluding carboxylic acids is 1. The lowest BCUT2D eigenvalue weighted by Gasteiger charge is -2.22. The standard InChI is InChI=1S/C22H21NO/c1-16-9-8-13-19(15-16)22(24)23-21(18-11-4-3-5-12-18)20-14-7-6-10-17(20)2/h3-15,21H,1-2H3,(H,23,24)/t21-/m1/s1. The third-order valence-corrected chi connectivity index (χ3v) is 4.19. The molecule has 1 atom stereocenters. The number of hydrogen-bond donors (Lipinski definition) is 1. The molecule has 0 aliphatic carbocycles. The molecule has 0 spiro atoms. The van der Waals surface area contributed by atoms with E-state index in [1.165, 1.54) is 0 Å². The molecule has 3 aromatic rings. The molecule has 2 heteroatoms. The zero-order chi connectivity index (χ0) is 16.9. The minimum atomic E-state index is -0.166. The number of rotatable bonds is 4. The maximum Gasteiger partial charge on any atom is 0.252 e. The molecule has 0 fully saturated rings. The summed E-state index contributed by atoms with van der Waals surface area (Å²) in [7, 11) is 0. The van der Waals surface area contributed by atoms with Gasteiger partial charge in [0.2, 0.25) is 0 Å². The fraction of sp³-hybridized carbons (Fsp3) is 0.136. The van der Waals surface area contributed by atoms with E-state index >= 15 is 0 Å². The van der Waals surface area contributed by atoms with Gasteiger partial charge in [0, 0.05) is 5.56 Å². The highest BCUT2D eigenvalue weighted by molar-refractivity contribution is 5.94. The number of amides is 1. The Kier molecular flexibility index (Phi) is 4.76. The average Bonchev–Trinajstić information content (AvgIpc) is 2.61. The Morgan fingerprint density at radius 3 is 2.25 bits per heavy atom. The molecule has 2 nitrogen and oxygen atoms in total. The van der Waals surface area contributed by atoms with E-state index in [2.05, 4.69) is 24.4 Å². The van der Waals surface area contributed by atoms with Crippen LogP contribution in [0.15, 0.2) is 78.9 Å². The molecule has 0 heterocycles. The fourth-order valence-corrected chi connectivity index (χ4v) is 2.90. The van der Waals surface area contributed by atoms with Crippen LogP contribution in [0.25, 0.3) is 0 Å². The van der Waals surface area contributed by atoms with Crippen molar-refractivity contribution in [2.24, 2.45) is 0 Å². The monoisotopic (exact) mass is 315 g/mol. The van der Waals surface area contributed by atoms with Crippen molar-refractivity contribution in [3.63, 3.8) is 0 Å². The first kappa shape index (κ1) is 16.0. The van der Waals surface area contributed by atoms with Gasteiger partial charge in [0.25, 0.3) is 5.91 Å². The molecular weight excluding hydrogens is 294 g/mol. The summed E-state index contributed by atoms with van der Waals surface area (Å²) in [6.45, 7) is 4.07. The Morgan fingerprint density at radius 2 is 1.54 bits per heavy atom. The molecule has 0 saturated heterocycles. The average molecular weight is 315 g/mol. The van der Waals surface area contributed by atoms with Crippen molar-refractivity contribution in [3.8, 4) is 0 Å². The summed E-state index contributed by atoms with van der Waals surface area (Å²) in [5.74, 6) is -0.0594. The second kappa shape index (κ2) is 7.14. The molecule has 3 aromatic carbocycles. The molecule has 24 heavy (non-hydrogen) atoms. The number of aryl methyl sites for hydroxylation is 2. The summed E-state index contributed by atoms with van der Waals surface area (Å²) in [6, 6.07) is 25.8. The van der Waals surface area contributed by atoms with E-state index < -0.39 is 0 Å². The molecule has 0 saturated carbocycles. The van der Waals surface area contributed by atoms with Crippen molar-refractivity contribution < 1.29 is 4.79 Å². The van der Waals surface area contributed by atoms with Crippen LogP contribution in [0.3, 0.4) is 0 Å². The van der Waals surface area contributed by atoms with E-state index in [0.29, 0.717) is 5.56 Å². The molecule has 0 radical (unpaired) electrons. The summed E-state index contributed by atoms with van der Waals surface area (Å²) in [5.41, 5.74) is 5.12. The van der Waals surface area contributed by atoms with Gasteiger partial charge in [-0.25, -0.2) is 0 Å². The van der Waals surface area contributed by atoms with Crippen LogP contribution in [0, 0.1) is 13.8 Å². The van der Waals surface area contributed by atoms with Crippen molar-refractivity contribution in [1.82, 2.24) is 5.32 Å². The lowest BCUT2D eigenvalue weighted by atomic mass is 9.94. The van der Waals surface area contributed by atoms with Gasteiger partial charge in [-0.3, -0.25) is 4.79 Å². The Bertz CT molecular complexity index is 839. The first-order valence-corrected chi connectivity index (χ1v) is 8.13. The van der Waals surface area contributed by atoms with Gasteiger partial charge in [-0.15, -0.1) is 0 Å². The lowest BCUT2D eigenvalue weighted by Crippen LogP contribution is -2.29. The quantitative estimate of drug-likeness (QED) is 0.734. The lowest BCUT2D eigenvalue weighted by molar-refractivity contribution is 0.0943. The highest BCUT2D eigenvalue weighted by Crippen LogP contribution is 2.25. The van der Waals surface area contributed by atoms with Crippen LogP contribution in [0.4, 0.5) is 0 Å². The molecular formula is C22H21NO. The minimum absolute atomic E-state index is 0.0594. The summed E-state index contributed by atoms with van der Waals surface area (Å²) in [6.07, 6.45) is 0. The Hall–Kier alpha value is -2.87. The number of benzene rings is 3. The number of hydrogen-bond acceptors (Lipinski definition) is 1. The molecule has 1 amide bonds. The van der Waals surface area contributed by atoms with Crippen LogP contribution in [-0.2, 0) is 0 Å². The Morgan fingerprint density at radius 1 is 0.833 bits per heavy atom. The fourth-order valence-electron chi connectivity index (χ4n) is 2.90. The van der Waals surface area contributed by atoms with Gasteiger partial charge in [-0.1, -0.05) is 72.3 Å². The first-order valence-electron chi connectivity index (χ1n) is 8.13. The van der Waals surface area contributed by atoms with Crippen LogP contribution in [0.1, 0.15) is 38.7 Å². The van der Waals surface area contributed by atoms with Crippen LogP contribution in [-0.4, -0.2) is 5.91 Å². The Balaban J connectivity index is 1.97. The maximum atomic E-state index is 12.8. The molecule has 0 aromatic heterocycles. The van der Waals surface area contributed by atoms with Crippen molar-refractivity contribution in [2.75, 3.05) is 0 Å². The first-order chi connectivity index (χ1) is 11.6. The van der Waals surface area contributed by atoms with Crippen molar-refractivity contribution in [2.45, 2.75) is 19.9 Å². The number of nitrogens with one attached hydrogen (secondary N) is 1. The largest absolute Gasteiger partial charge is 0.341 e. The number of carbonyl (C=O) groups is 1. The molecule has 0 unspecified atom stereocenters. The molecule has 120 valence electrons. The van der Waals surface area contributed by atoms with E-state index in [1.54, 1.807) is 0 Å². The predicted molar refractivity (Wildman–Crippen MR) is 98.1 cm³/mol. The van der Waals surface area contributed by atoms with Crippen molar-refractivity contribution >= 4 is 5.91 Å². The molecule has 3 rings (SSSR count). The van der Waals surface area contributed by atoms with Gasteiger partial charge in [-0.2, -0.15) is 0 Å². The van der Waals surface area contributed by atoms with Crippen LogP contribution in [0.5, 0.6) is 0 Å². The molecule has 0 aliphatic heterocycles. The highest BCUT2D eigenvalue weighted by atomic mass is 16.1. The minimum Gasteiger partial charge on any atom is -0.341 e. The second-order valence-electron chi connectivity index (χ2n) is 6.04. The van der Waals surface area contributed by atoms with Crippen molar-refractivity contribution in [1.29, 1.82) is 0 Å². The smallest absolute Gasteiger partial charge is 0.252 e. The van der Waals surface area contributed by atoms with Crippen molar-refractivity contribution in [3.05, 3.63) is 107 Å². The summed E-state index contributed by atoms with van der Waals surface area (Å²) in [4.78, 5) is 12.8. The van der Waals surface area contributed by atoms with Gasteiger partial charge in [-0.05, 0) is 42.7 Å². The summed E-state index contributed by atoms with van der Waals surface area (Å²) < 4.78 is 0. The van der Waals surface area contributed by atoms with Gasteiger partial charge in [0.05, 0.1) is 6.04 Å². The van der Waals surface area contributed by atoms with E-state index in [1.807, 2.05) is 73.7 Å². The third kappa shape index (κ3) is 3.54. The normalized spacial score (nSPS) is 11.8. The predicted octanol–water partition coefficient (Wildman–Crippen LogP) is 4.82. The summed E-state index contributed by atoms with van der Waals surface area (Å²) >= 11 is 0. The molecule has 1 N–H and O–H groups in total. The zero-order valence-corrected chi connectivity index (χ0v) is 14.0. The van der Waals surface area contributed by atoms with Gasteiger partial charge < -0.3 is 5.32 Å². The molecule has 0 aliphatic rings. The van der Waals surface area contributed by atoms with E-state index in [9.17, 15) is 4.79 Å².